The zero-order valence-corrected chi connectivity index (χ0v) is 17.1. The Labute approximate surface area is 159 Å². The van der Waals surface area contributed by atoms with Gasteiger partial charge in [-0.15, -0.1) is 11.8 Å². The predicted octanol–water partition coefficient (Wildman–Crippen LogP) is 3.79. The Bertz CT molecular complexity index is 741. The number of amides is 2. The lowest BCUT2D eigenvalue weighted by Gasteiger charge is -2.22. The molecule has 0 saturated carbocycles. The van der Waals surface area contributed by atoms with Crippen molar-refractivity contribution in [3.63, 3.8) is 0 Å². The molecule has 1 aromatic heterocycles. The van der Waals surface area contributed by atoms with Gasteiger partial charge in [0.05, 0.1) is 12.8 Å². The van der Waals surface area contributed by atoms with Crippen molar-refractivity contribution in [2.75, 3.05) is 20.4 Å². The molecule has 0 bridgehead atoms. The molecule has 6 nitrogen and oxygen atoms in total. The normalized spacial score (nSPS) is 11.9. The van der Waals surface area contributed by atoms with Crippen LogP contribution in [-0.2, 0) is 13.0 Å². The molecule has 1 heterocycles. The molecule has 2 rings (SSSR count). The van der Waals surface area contributed by atoms with Crippen LogP contribution in [0.15, 0.2) is 27.6 Å². The summed E-state index contributed by atoms with van der Waals surface area (Å²) in [5, 5.41) is 6.98. The van der Waals surface area contributed by atoms with E-state index in [1.807, 2.05) is 45.2 Å². The Morgan fingerprint density at radius 2 is 2.15 bits per heavy atom. The van der Waals surface area contributed by atoms with E-state index in [0.29, 0.717) is 13.0 Å². The topological polar surface area (TPSA) is 67.6 Å². The summed E-state index contributed by atoms with van der Waals surface area (Å²) < 4.78 is 10.6. The average Bonchev–Trinajstić information content (AvgIpc) is 2.93. The smallest absolute Gasteiger partial charge is 0.317 e. The van der Waals surface area contributed by atoms with Crippen LogP contribution < -0.4 is 10.1 Å². The first kappa shape index (κ1) is 20.2. The fraction of sp³-hybridized carbons (Fsp3) is 0.474. The summed E-state index contributed by atoms with van der Waals surface area (Å²) in [6, 6.07) is 5.88. The minimum atomic E-state index is -0.114. The zero-order chi connectivity index (χ0) is 19.3. The maximum absolute atomic E-state index is 12.5. The Hall–Kier alpha value is -2.15. The Morgan fingerprint density at radius 3 is 2.73 bits per heavy atom. The molecule has 2 aromatic rings. The second-order valence-electron chi connectivity index (χ2n) is 6.40. The van der Waals surface area contributed by atoms with E-state index in [1.54, 1.807) is 30.8 Å². The number of carbonyl (C=O) groups is 1. The highest BCUT2D eigenvalue weighted by Gasteiger charge is 2.17. The number of benzene rings is 1. The number of carbonyl (C=O) groups excluding carboxylic acids is 1. The number of aromatic nitrogens is 1. The van der Waals surface area contributed by atoms with Crippen LogP contribution in [0.5, 0.6) is 5.75 Å². The van der Waals surface area contributed by atoms with Crippen LogP contribution in [0.2, 0.25) is 0 Å². The summed E-state index contributed by atoms with van der Waals surface area (Å²) in [5.41, 5.74) is 2.95. The van der Waals surface area contributed by atoms with Crippen molar-refractivity contribution in [2.24, 2.45) is 0 Å². The van der Waals surface area contributed by atoms with E-state index >= 15 is 0 Å². The highest BCUT2D eigenvalue weighted by molar-refractivity contribution is 7.98. The Kier molecular flexibility index (Phi) is 6.97. The average molecular weight is 378 g/mol. The van der Waals surface area contributed by atoms with E-state index in [0.717, 1.165) is 33.2 Å². The fourth-order valence-electron chi connectivity index (χ4n) is 2.80. The molecule has 1 unspecified atom stereocenters. The molecule has 0 aliphatic carbocycles. The standard InChI is InChI=1S/C19H27N3O3S/c1-12(9-16-13(2)21-25-14(16)3)20-19(23)22(4)11-15-7-8-18(26-6)17(10-15)24-5/h7-8,10,12H,9,11H2,1-6H3,(H,20,23). The third kappa shape index (κ3) is 4.94. The van der Waals surface area contributed by atoms with E-state index in [2.05, 4.69) is 10.5 Å². The van der Waals surface area contributed by atoms with E-state index in [9.17, 15) is 4.79 Å². The first-order chi connectivity index (χ1) is 12.3. The van der Waals surface area contributed by atoms with Gasteiger partial charge in [-0.1, -0.05) is 11.2 Å². The first-order valence-electron chi connectivity index (χ1n) is 8.50. The zero-order valence-electron chi connectivity index (χ0n) is 16.3. The second-order valence-corrected chi connectivity index (χ2v) is 7.25. The lowest BCUT2D eigenvalue weighted by Crippen LogP contribution is -2.42. The fourth-order valence-corrected chi connectivity index (χ4v) is 3.34. The van der Waals surface area contributed by atoms with Gasteiger partial charge in [0.2, 0.25) is 0 Å². The SMILES string of the molecule is COc1cc(CN(C)C(=O)NC(C)Cc2c(C)noc2C)ccc1SC. The van der Waals surface area contributed by atoms with E-state index < -0.39 is 0 Å². The van der Waals surface area contributed by atoms with Gasteiger partial charge in [-0.3, -0.25) is 0 Å². The maximum Gasteiger partial charge on any atom is 0.317 e. The van der Waals surface area contributed by atoms with E-state index in [4.69, 9.17) is 9.26 Å². The number of aryl methyl sites for hydroxylation is 2. The van der Waals surface area contributed by atoms with Crippen molar-refractivity contribution >= 4 is 17.8 Å². The highest BCUT2D eigenvalue weighted by atomic mass is 32.2. The number of ether oxygens (including phenoxy) is 1. The molecule has 26 heavy (non-hydrogen) atoms. The summed E-state index contributed by atoms with van der Waals surface area (Å²) in [6.45, 7) is 6.29. The lowest BCUT2D eigenvalue weighted by molar-refractivity contribution is 0.203. The third-order valence-corrected chi connectivity index (χ3v) is 5.05. The van der Waals surface area contributed by atoms with Crippen LogP contribution in [0.25, 0.3) is 0 Å². The molecule has 0 fully saturated rings. The lowest BCUT2D eigenvalue weighted by atomic mass is 10.1. The number of nitrogens with zero attached hydrogens (tertiary/aromatic N) is 2. The molecule has 0 aliphatic rings. The van der Waals surface area contributed by atoms with Crippen LogP contribution in [0.1, 0.15) is 29.5 Å². The van der Waals surface area contributed by atoms with Crippen molar-refractivity contribution in [2.45, 2.75) is 44.7 Å². The van der Waals surface area contributed by atoms with Crippen molar-refractivity contribution in [3.05, 3.63) is 40.8 Å². The Morgan fingerprint density at radius 1 is 1.42 bits per heavy atom. The van der Waals surface area contributed by atoms with Gasteiger partial charge >= 0.3 is 6.03 Å². The molecule has 0 saturated heterocycles. The molecular formula is C19H27N3O3S. The van der Waals surface area contributed by atoms with E-state index in [-0.39, 0.29) is 12.1 Å². The van der Waals surface area contributed by atoms with Gasteiger partial charge in [-0.05, 0) is 51.1 Å². The van der Waals surface area contributed by atoms with Gasteiger partial charge in [0.25, 0.3) is 0 Å². The van der Waals surface area contributed by atoms with Gasteiger partial charge in [0.1, 0.15) is 11.5 Å². The van der Waals surface area contributed by atoms with Gasteiger partial charge in [-0.2, -0.15) is 0 Å². The maximum atomic E-state index is 12.5. The van der Waals surface area contributed by atoms with Crippen molar-refractivity contribution in [1.29, 1.82) is 0 Å². The van der Waals surface area contributed by atoms with E-state index in [1.165, 1.54) is 0 Å². The van der Waals surface area contributed by atoms with Crippen molar-refractivity contribution in [3.8, 4) is 5.75 Å². The molecule has 7 heteroatoms. The third-order valence-electron chi connectivity index (χ3n) is 4.28. The summed E-state index contributed by atoms with van der Waals surface area (Å²) in [7, 11) is 3.44. The monoisotopic (exact) mass is 377 g/mol. The van der Waals surface area contributed by atoms with Gasteiger partial charge in [0.15, 0.2) is 0 Å². The van der Waals surface area contributed by atoms with Crippen LogP contribution in [0.4, 0.5) is 4.79 Å². The number of thioether (sulfide) groups is 1. The number of hydrogen-bond acceptors (Lipinski definition) is 5. The number of urea groups is 1. The van der Waals surface area contributed by atoms with Gasteiger partial charge in [0, 0.05) is 30.1 Å². The molecule has 0 aliphatic heterocycles. The largest absolute Gasteiger partial charge is 0.496 e. The molecule has 2 amide bonds. The highest BCUT2D eigenvalue weighted by Crippen LogP contribution is 2.28. The molecule has 0 radical (unpaired) electrons. The summed E-state index contributed by atoms with van der Waals surface area (Å²) in [5.74, 6) is 1.63. The number of nitrogens with one attached hydrogen (secondary N) is 1. The van der Waals surface area contributed by atoms with Gasteiger partial charge < -0.3 is 19.5 Å². The van der Waals surface area contributed by atoms with Crippen LogP contribution in [0.3, 0.4) is 0 Å². The van der Waals surface area contributed by atoms with Gasteiger partial charge in [-0.25, -0.2) is 4.79 Å². The molecule has 0 spiro atoms. The number of rotatable bonds is 7. The molecule has 142 valence electrons. The molecular weight excluding hydrogens is 350 g/mol. The number of methoxy groups -OCH3 is 1. The Balaban J connectivity index is 1.95. The molecule has 1 atom stereocenters. The van der Waals surface area contributed by atoms with Crippen LogP contribution in [-0.4, -0.2) is 42.5 Å². The van der Waals surface area contributed by atoms with Crippen molar-refractivity contribution in [1.82, 2.24) is 15.4 Å². The van der Waals surface area contributed by atoms with Crippen molar-refractivity contribution < 1.29 is 14.1 Å². The second kappa shape index (κ2) is 8.98. The minimum absolute atomic E-state index is 0.0184. The summed E-state index contributed by atoms with van der Waals surface area (Å²) in [4.78, 5) is 15.2. The first-order valence-corrected chi connectivity index (χ1v) is 9.72. The summed E-state index contributed by atoms with van der Waals surface area (Å²) >= 11 is 1.64. The van der Waals surface area contributed by atoms with Crippen LogP contribution in [0, 0.1) is 13.8 Å². The quantitative estimate of drug-likeness (QED) is 0.744. The molecule has 1 aromatic carbocycles. The summed E-state index contributed by atoms with van der Waals surface area (Å²) in [6.07, 6.45) is 2.70. The predicted molar refractivity (Wildman–Crippen MR) is 104 cm³/mol. The minimum Gasteiger partial charge on any atom is -0.496 e. The number of hydrogen-bond donors (Lipinski definition) is 1. The van der Waals surface area contributed by atoms with Crippen LogP contribution >= 0.6 is 11.8 Å². The molecule has 1 N–H and O–H groups in total.